The van der Waals surface area contributed by atoms with Gasteiger partial charge in [0.2, 0.25) is 0 Å². The molecule has 2 heterocycles. The molecule has 0 fully saturated rings. The Kier molecular flexibility index (Phi) is 2.57. The number of nitrogens with zero attached hydrogens (tertiary/aromatic N) is 2. The Balaban J connectivity index is 2.34. The van der Waals surface area contributed by atoms with Gasteiger partial charge >= 0.3 is 0 Å². The number of carbonyl (C=O) groups is 1. The number of benzene rings is 1. The lowest BCUT2D eigenvalue weighted by atomic mass is 10.1. The summed E-state index contributed by atoms with van der Waals surface area (Å²) >= 11 is 12.1. The predicted molar refractivity (Wildman–Crippen MR) is 64.9 cm³/mol. The fourth-order valence-corrected chi connectivity index (χ4v) is 2.24. The highest BCUT2D eigenvalue weighted by Crippen LogP contribution is 2.37. The van der Waals surface area contributed by atoms with Crippen molar-refractivity contribution in [1.29, 1.82) is 0 Å². The Morgan fingerprint density at radius 1 is 1.11 bits per heavy atom. The lowest BCUT2D eigenvalue weighted by molar-refractivity contribution is 0.110. The number of hydrogen-bond donors (Lipinski definition) is 0. The minimum atomic E-state index is 0.195. The highest BCUT2D eigenvalue weighted by molar-refractivity contribution is 6.40. The zero-order valence-electron chi connectivity index (χ0n) is 8.68. The Labute approximate surface area is 110 Å². The highest BCUT2D eigenvalue weighted by Gasteiger charge is 2.19. The maximum atomic E-state index is 10.6. The third-order valence-electron chi connectivity index (χ3n) is 2.43. The normalized spacial score (nSPS) is 11.0. The molecule has 0 aliphatic heterocycles. The van der Waals surface area contributed by atoms with E-state index in [0.29, 0.717) is 38.7 Å². The van der Waals surface area contributed by atoms with E-state index < -0.39 is 0 Å². The second-order valence-corrected chi connectivity index (χ2v) is 4.31. The monoisotopic (exact) mass is 282 g/mol. The van der Waals surface area contributed by atoms with Gasteiger partial charge in [-0.25, -0.2) is 4.63 Å². The van der Waals surface area contributed by atoms with Crippen molar-refractivity contribution < 1.29 is 13.8 Å². The number of hydrogen-bond acceptors (Lipinski definition) is 5. The van der Waals surface area contributed by atoms with Crippen LogP contribution >= 0.6 is 23.2 Å². The maximum Gasteiger partial charge on any atom is 0.185 e. The van der Waals surface area contributed by atoms with Gasteiger partial charge in [0.05, 0.1) is 15.6 Å². The fourth-order valence-electron chi connectivity index (χ4n) is 1.66. The van der Waals surface area contributed by atoms with E-state index in [4.69, 9.17) is 27.6 Å². The Bertz CT molecular complexity index is 748. The molecule has 0 aliphatic carbocycles. The molecule has 0 N–H and O–H groups in total. The van der Waals surface area contributed by atoms with E-state index in [0.717, 1.165) is 0 Å². The Morgan fingerprint density at radius 2 is 1.89 bits per heavy atom. The summed E-state index contributed by atoms with van der Waals surface area (Å²) in [7, 11) is 0. The number of aldehydes is 1. The van der Waals surface area contributed by atoms with Gasteiger partial charge in [-0.3, -0.25) is 4.79 Å². The third-order valence-corrected chi connectivity index (χ3v) is 3.02. The lowest BCUT2D eigenvalue weighted by Gasteiger charge is -2.01. The molecule has 0 unspecified atom stereocenters. The molecular formula is C11H4Cl2N2O3. The molecule has 2 aromatic heterocycles. The molecule has 0 spiro atoms. The van der Waals surface area contributed by atoms with Crippen LogP contribution in [0.15, 0.2) is 27.2 Å². The molecule has 0 atom stereocenters. The zero-order valence-corrected chi connectivity index (χ0v) is 10.2. The average Bonchev–Trinajstić information content (AvgIpc) is 2.97. The zero-order chi connectivity index (χ0) is 12.7. The molecule has 18 heavy (non-hydrogen) atoms. The second-order valence-electron chi connectivity index (χ2n) is 3.50. The van der Waals surface area contributed by atoms with Gasteiger partial charge in [0.25, 0.3) is 0 Å². The van der Waals surface area contributed by atoms with Crippen molar-refractivity contribution >= 4 is 40.5 Å². The van der Waals surface area contributed by atoms with Crippen LogP contribution < -0.4 is 0 Å². The van der Waals surface area contributed by atoms with E-state index in [2.05, 4.69) is 14.9 Å². The van der Waals surface area contributed by atoms with E-state index in [1.54, 1.807) is 6.07 Å². The summed E-state index contributed by atoms with van der Waals surface area (Å²) in [5, 5.41) is 8.11. The smallest absolute Gasteiger partial charge is 0.185 e. The maximum absolute atomic E-state index is 10.6. The van der Waals surface area contributed by atoms with Crippen LogP contribution in [0.1, 0.15) is 10.6 Å². The predicted octanol–water partition coefficient (Wildman–Crippen LogP) is 3.60. The molecule has 0 saturated carbocycles. The van der Waals surface area contributed by atoms with Crippen molar-refractivity contribution in [2.75, 3.05) is 0 Å². The van der Waals surface area contributed by atoms with Gasteiger partial charge in [-0.05, 0) is 28.5 Å². The minimum absolute atomic E-state index is 0.195. The molecular weight excluding hydrogens is 279 g/mol. The molecule has 90 valence electrons. The SMILES string of the molecule is O=Cc1ccc(-c2c(Cl)cc(Cl)c3nonc23)o1. The average molecular weight is 283 g/mol. The molecule has 1 aromatic carbocycles. The third kappa shape index (κ3) is 1.60. The molecule has 0 amide bonds. The lowest BCUT2D eigenvalue weighted by Crippen LogP contribution is -1.82. The molecule has 5 nitrogen and oxygen atoms in total. The first-order valence-corrected chi connectivity index (χ1v) is 5.62. The molecule has 0 aliphatic rings. The standard InChI is InChI=1S/C11H4Cl2N2O3/c12-6-3-7(13)10-11(15-18-14-10)9(6)8-2-1-5(4-16)17-8/h1-4H. The number of halogens is 2. The largest absolute Gasteiger partial charge is 0.453 e. The summed E-state index contributed by atoms with van der Waals surface area (Å²) in [5.74, 6) is 0.597. The van der Waals surface area contributed by atoms with Crippen molar-refractivity contribution in [3.8, 4) is 11.3 Å². The van der Waals surface area contributed by atoms with E-state index in [1.807, 2.05) is 0 Å². The quantitative estimate of drug-likeness (QED) is 0.672. The summed E-state index contributed by atoms with van der Waals surface area (Å²) in [6.07, 6.45) is 0.603. The van der Waals surface area contributed by atoms with Gasteiger partial charge in [0.1, 0.15) is 11.3 Å². The van der Waals surface area contributed by atoms with Crippen molar-refractivity contribution in [2.24, 2.45) is 0 Å². The van der Waals surface area contributed by atoms with Crippen molar-refractivity contribution in [3.05, 3.63) is 34.0 Å². The van der Waals surface area contributed by atoms with Crippen molar-refractivity contribution in [1.82, 2.24) is 10.3 Å². The first-order chi connectivity index (χ1) is 8.70. The summed E-state index contributed by atoms with van der Waals surface area (Å²) in [6.45, 7) is 0. The molecule has 3 rings (SSSR count). The van der Waals surface area contributed by atoms with Gasteiger partial charge in [-0.2, -0.15) is 0 Å². The van der Waals surface area contributed by atoms with Gasteiger partial charge in [-0.1, -0.05) is 23.2 Å². The van der Waals surface area contributed by atoms with Crippen molar-refractivity contribution in [2.45, 2.75) is 0 Å². The van der Waals surface area contributed by atoms with Gasteiger partial charge in [0, 0.05) is 0 Å². The van der Waals surface area contributed by atoms with Crippen molar-refractivity contribution in [3.63, 3.8) is 0 Å². The first kappa shape index (κ1) is 11.3. The van der Waals surface area contributed by atoms with Crippen LogP contribution in [0.2, 0.25) is 10.0 Å². The summed E-state index contributed by atoms with van der Waals surface area (Å²) in [4.78, 5) is 10.6. The first-order valence-electron chi connectivity index (χ1n) is 4.86. The van der Waals surface area contributed by atoms with Crippen LogP contribution in [-0.2, 0) is 0 Å². The number of aromatic nitrogens is 2. The number of carbonyl (C=O) groups excluding carboxylic acids is 1. The van der Waals surface area contributed by atoms with Crippen LogP contribution in [0.3, 0.4) is 0 Å². The molecule has 0 radical (unpaired) electrons. The van der Waals surface area contributed by atoms with E-state index >= 15 is 0 Å². The second kappa shape index (κ2) is 4.12. The van der Waals surface area contributed by atoms with E-state index in [9.17, 15) is 4.79 Å². The number of fused-ring (bicyclic) bond motifs is 1. The molecule has 7 heteroatoms. The van der Waals surface area contributed by atoms with Crippen LogP contribution in [0.4, 0.5) is 0 Å². The molecule has 3 aromatic rings. The van der Waals surface area contributed by atoms with Crippen LogP contribution in [0.25, 0.3) is 22.4 Å². The fraction of sp³-hybridized carbons (Fsp3) is 0. The summed E-state index contributed by atoms with van der Waals surface area (Å²) < 4.78 is 9.95. The Hall–Kier alpha value is -1.85. The van der Waals surface area contributed by atoms with Crippen LogP contribution in [0.5, 0.6) is 0 Å². The molecule has 0 saturated heterocycles. The number of furan rings is 1. The van der Waals surface area contributed by atoms with E-state index in [-0.39, 0.29) is 5.76 Å². The topological polar surface area (TPSA) is 69.1 Å². The Morgan fingerprint density at radius 3 is 2.61 bits per heavy atom. The van der Waals surface area contributed by atoms with Gasteiger partial charge in [-0.15, -0.1) is 0 Å². The van der Waals surface area contributed by atoms with Crippen LogP contribution in [0, 0.1) is 0 Å². The molecule has 0 bridgehead atoms. The van der Waals surface area contributed by atoms with E-state index in [1.165, 1.54) is 12.1 Å². The highest BCUT2D eigenvalue weighted by atomic mass is 35.5. The number of rotatable bonds is 2. The van der Waals surface area contributed by atoms with Gasteiger partial charge in [0.15, 0.2) is 17.6 Å². The van der Waals surface area contributed by atoms with Gasteiger partial charge < -0.3 is 4.42 Å². The van der Waals surface area contributed by atoms with Crippen LogP contribution in [-0.4, -0.2) is 16.6 Å². The summed E-state index contributed by atoms with van der Waals surface area (Å²) in [5.41, 5.74) is 1.27. The summed E-state index contributed by atoms with van der Waals surface area (Å²) in [6, 6.07) is 4.67. The minimum Gasteiger partial charge on any atom is -0.453 e.